The minimum atomic E-state index is -4.76. The number of aromatic nitrogens is 3. The lowest BCUT2D eigenvalue weighted by Crippen LogP contribution is -2.30. The Morgan fingerprint density at radius 1 is 1.09 bits per heavy atom. The Morgan fingerprint density at radius 2 is 1.82 bits per heavy atom. The third kappa shape index (κ3) is 9.65. The van der Waals surface area contributed by atoms with Crippen LogP contribution in [0.5, 0.6) is 5.75 Å². The summed E-state index contributed by atoms with van der Waals surface area (Å²) >= 11 is 1.27. The van der Waals surface area contributed by atoms with Crippen LogP contribution < -0.4 is 15.0 Å². The monoisotopic (exact) mass is 640 g/mol. The van der Waals surface area contributed by atoms with Crippen molar-refractivity contribution in [2.24, 2.45) is 4.99 Å². The number of thioether (sulfide) groups is 1. The van der Waals surface area contributed by atoms with Gasteiger partial charge in [-0.05, 0) is 72.7 Å². The molecular weight excluding hydrogens is 609 g/mol. The number of rotatable bonds is 11. The normalized spacial score (nSPS) is 11.7. The molecule has 0 aliphatic heterocycles. The number of nitrogens with zero attached hydrogens (tertiary/aromatic N) is 5. The fourth-order valence-corrected chi connectivity index (χ4v) is 4.94. The van der Waals surface area contributed by atoms with E-state index in [1.54, 1.807) is 19.2 Å². The largest absolute Gasteiger partial charge is 0.573 e. The molecular formula is C31H31F3N6O4S. The first kappa shape index (κ1) is 33.2. The van der Waals surface area contributed by atoms with Crippen molar-refractivity contribution >= 4 is 40.7 Å². The molecule has 0 spiro atoms. The fraction of sp³-hybridized carbons (Fsp3) is 0.258. The summed E-state index contributed by atoms with van der Waals surface area (Å²) in [5.74, 6) is 0.827. The molecule has 0 radical (unpaired) electrons. The molecule has 3 amide bonds. The molecule has 236 valence electrons. The third-order valence-corrected chi connectivity index (χ3v) is 7.13. The van der Waals surface area contributed by atoms with E-state index in [0.29, 0.717) is 54.5 Å². The molecule has 10 nitrogen and oxygen atoms in total. The van der Waals surface area contributed by atoms with Crippen molar-refractivity contribution in [1.29, 1.82) is 0 Å². The van der Waals surface area contributed by atoms with Gasteiger partial charge in [-0.1, -0.05) is 43.0 Å². The van der Waals surface area contributed by atoms with Gasteiger partial charge in [0.15, 0.2) is 11.0 Å². The number of aliphatic imine (C=N–C) groups is 1. The van der Waals surface area contributed by atoms with Crippen molar-refractivity contribution in [3.8, 4) is 11.4 Å². The highest BCUT2D eigenvalue weighted by atomic mass is 32.2. The van der Waals surface area contributed by atoms with E-state index in [-0.39, 0.29) is 10.9 Å². The number of hydrogen-bond donors (Lipinski definition) is 1. The van der Waals surface area contributed by atoms with E-state index < -0.39 is 12.4 Å². The molecule has 0 bridgehead atoms. The van der Waals surface area contributed by atoms with Gasteiger partial charge >= 0.3 is 12.4 Å². The summed E-state index contributed by atoms with van der Waals surface area (Å²) in [5.41, 5.74) is 4.36. The van der Waals surface area contributed by atoms with Crippen LogP contribution in [0.1, 0.15) is 29.4 Å². The summed E-state index contributed by atoms with van der Waals surface area (Å²) in [7, 11) is 1.57. The number of carbonyl (C=O) groups excluding carboxylic acids is 2. The smallest absolute Gasteiger partial charge is 0.406 e. The van der Waals surface area contributed by atoms with Crippen molar-refractivity contribution in [1.82, 2.24) is 14.8 Å². The summed E-state index contributed by atoms with van der Waals surface area (Å²) in [6.45, 7) is 4.11. The van der Waals surface area contributed by atoms with Crippen molar-refractivity contribution in [2.75, 3.05) is 23.1 Å². The van der Waals surface area contributed by atoms with Crippen LogP contribution in [-0.2, 0) is 29.0 Å². The van der Waals surface area contributed by atoms with Gasteiger partial charge in [0.1, 0.15) is 12.1 Å². The summed E-state index contributed by atoms with van der Waals surface area (Å²) < 4.78 is 47.8. The van der Waals surface area contributed by atoms with Crippen LogP contribution in [0.2, 0.25) is 0 Å². The first-order valence-electron chi connectivity index (χ1n) is 13.8. The molecule has 0 atom stereocenters. The van der Waals surface area contributed by atoms with Gasteiger partial charge in [-0.25, -0.2) is 14.5 Å². The number of methoxy groups -OCH3 is 1. The van der Waals surface area contributed by atoms with Crippen molar-refractivity contribution < 1.29 is 32.2 Å². The zero-order valence-corrected chi connectivity index (χ0v) is 25.6. The summed E-state index contributed by atoms with van der Waals surface area (Å²) in [6, 6.07) is 17.6. The van der Waals surface area contributed by atoms with Gasteiger partial charge in [0, 0.05) is 24.8 Å². The van der Waals surface area contributed by atoms with Crippen LogP contribution in [0.15, 0.2) is 78.0 Å². The average Bonchev–Trinajstić information content (AvgIpc) is 3.47. The van der Waals surface area contributed by atoms with E-state index >= 15 is 0 Å². The Hall–Kier alpha value is -4.69. The molecule has 0 unspecified atom stereocenters. The second-order valence-corrected chi connectivity index (χ2v) is 10.9. The van der Waals surface area contributed by atoms with Crippen LogP contribution in [0.4, 0.5) is 29.3 Å². The molecule has 0 fully saturated rings. The van der Waals surface area contributed by atoms with Crippen LogP contribution in [0, 0.1) is 6.92 Å². The van der Waals surface area contributed by atoms with Gasteiger partial charge in [-0.3, -0.25) is 9.69 Å². The van der Waals surface area contributed by atoms with Gasteiger partial charge < -0.3 is 14.8 Å². The zero-order chi connectivity index (χ0) is 32.4. The number of aryl methyl sites for hydroxylation is 3. The maximum absolute atomic E-state index is 12.9. The van der Waals surface area contributed by atoms with Crippen molar-refractivity contribution in [3.63, 3.8) is 0 Å². The highest BCUT2D eigenvalue weighted by molar-refractivity contribution is 8.14. The number of halogens is 3. The van der Waals surface area contributed by atoms with E-state index in [2.05, 4.69) is 25.1 Å². The maximum Gasteiger partial charge on any atom is 0.573 e. The Bertz CT molecular complexity index is 1630. The molecule has 0 aliphatic rings. The Morgan fingerprint density at radius 3 is 2.47 bits per heavy atom. The number of hydrogen-bond acceptors (Lipinski definition) is 7. The molecule has 3 aromatic carbocycles. The van der Waals surface area contributed by atoms with Crippen LogP contribution >= 0.6 is 11.8 Å². The molecule has 1 N–H and O–H groups in total. The molecule has 4 aromatic rings. The summed E-state index contributed by atoms with van der Waals surface area (Å²) in [4.78, 5) is 34.9. The average molecular weight is 641 g/mol. The number of amides is 3. The fourth-order valence-electron chi connectivity index (χ4n) is 4.25. The quantitative estimate of drug-likeness (QED) is 0.110. The molecule has 4 rings (SSSR count). The molecule has 1 aromatic heterocycles. The predicted molar refractivity (Wildman–Crippen MR) is 167 cm³/mol. The number of urea groups is 1. The van der Waals surface area contributed by atoms with E-state index in [4.69, 9.17) is 4.74 Å². The van der Waals surface area contributed by atoms with E-state index in [0.717, 1.165) is 16.7 Å². The standard InChI is InChI=1S/C31H31F3N6O4S/c1-4-45-30(39(20-41)27-17-21(2)5-9-23(27)18-43-3)37-29(42)36-24-10-6-22(7-11-24)8-16-28-35-19-40(38-28)25-12-14-26(15-13-25)44-31(32,33)34/h5-7,9-15,17,19-20H,4,8,16,18H2,1-3H3,(H,36,42)/b37-30-. The number of benzene rings is 3. The second kappa shape index (κ2) is 15.3. The number of ether oxygens (including phenoxy) is 2. The maximum atomic E-state index is 12.9. The second-order valence-electron chi connectivity index (χ2n) is 9.64. The van der Waals surface area contributed by atoms with Crippen LogP contribution in [0.3, 0.4) is 0 Å². The third-order valence-electron chi connectivity index (χ3n) is 6.30. The molecule has 14 heteroatoms. The number of alkyl halides is 3. The van der Waals surface area contributed by atoms with Crippen LogP contribution in [0.25, 0.3) is 5.69 Å². The van der Waals surface area contributed by atoms with E-state index in [9.17, 15) is 22.8 Å². The SMILES string of the molecule is CCS/C(=N\C(=O)Nc1ccc(CCc2ncn(-c3ccc(OC(F)(F)F)cc3)n2)cc1)N(C=O)c1cc(C)ccc1COC. The number of carbonyl (C=O) groups is 2. The van der Waals surface area contributed by atoms with Gasteiger partial charge in [0.05, 0.1) is 18.0 Å². The van der Waals surface area contributed by atoms with E-state index in [1.165, 1.54) is 51.9 Å². The minimum Gasteiger partial charge on any atom is -0.406 e. The van der Waals surface area contributed by atoms with Crippen LogP contribution in [-0.4, -0.2) is 51.6 Å². The topological polar surface area (TPSA) is 111 Å². The highest BCUT2D eigenvalue weighted by Crippen LogP contribution is 2.26. The lowest BCUT2D eigenvalue weighted by Gasteiger charge is -2.22. The number of nitrogens with one attached hydrogen (secondary N) is 1. The van der Waals surface area contributed by atoms with Gasteiger partial charge in [0.25, 0.3) is 0 Å². The summed E-state index contributed by atoms with van der Waals surface area (Å²) in [5, 5.41) is 7.38. The molecule has 0 saturated heterocycles. The predicted octanol–water partition coefficient (Wildman–Crippen LogP) is 6.71. The number of amidine groups is 1. The van der Waals surface area contributed by atoms with Gasteiger partial charge in [0.2, 0.25) is 6.41 Å². The lowest BCUT2D eigenvalue weighted by atomic mass is 10.1. The lowest BCUT2D eigenvalue weighted by molar-refractivity contribution is -0.274. The Labute approximate surface area is 262 Å². The Kier molecular flexibility index (Phi) is 11.3. The summed E-state index contributed by atoms with van der Waals surface area (Å²) in [6.07, 6.45) is -1.50. The molecule has 0 aliphatic carbocycles. The van der Waals surface area contributed by atoms with Gasteiger partial charge in [-0.15, -0.1) is 13.2 Å². The minimum absolute atomic E-state index is 0.238. The molecule has 0 saturated carbocycles. The van der Waals surface area contributed by atoms with Crippen molar-refractivity contribution in [3.05, 3.63) is 95.6 Å². The first-order chi connectivity index (χ1) is 21.6. The first-order valence-corrected chi connectivity index (χ1v) is 14.8. The molecule has 1 heterocycles. The van der Waals surface area contributed by atoms with E-state index in [1.807, 2.05) is 44.2 Å². The van der Waals surface area contributed by atoms with Crippen molar-refractivity contribution in [2.45, 2.75) is 39.7 Å². The zero-order valence-electron chi connectivity index (χ0n) is 24.7. The molecule has 45 heavy (non-hydrogen) atoms. The van der Waals surface area contributed by atoms with Gasteiger partial charge in [-0.2, -0.15) is 10.1 Å². The number of anilines is 2. The highest BCUT2D eigenvalue weighted by Gasteiger charge is 2.31. The Balaban J connectivity index is 1.37.